The van der Waals surface area contributed by atoms with Crippen LogP contribution in [0, 0.1) is 0 Å². The molecule has 0 bridgehead atoms. The summed E-state index contributed by atoms with van der Waals surface area (Å²) in [6.07, 6.45) is 0.700. The quantitative estimate of drug-likeness (QED) is 0.862. The summed E-state index contributed by atoms with van der Waals surface area (Å²) in [5.41, 5.74) is 0. The van der Waals surface area contributed by atoms with Gasteiger partial charge in [-0.2, -0.15) is 0 Å². The van der Waals surface area contributed by atoms with Crippen molar-refractivity contribution in [2.45, 2.75) is 24.6 Å². The molecule has 2 unspecified atom stereocenters. The van der Waals surface area contributed by atoms with Crippen molar-refractivity contribution in [1.29, 1.82) is 0 Å². The summed E-state index contributed by atoms with van der Waals surface area (Å²) in [5, 5.41) is 5.06. The zero-order chi connectivity index (χ0) is 11.8. The molecule has 3 nitrogen and oxygen atoms in total. The van der Waals surface area contributed by atoms with Crippen LogP contribution >= 0.6 is 27.3 Å². The Hall–Kier alpha value is 0.0900. The van der Waals surface area contributed by atoms with Gasteiger partial charge >= 0.3 is 0 Å². The van der Waals surface area contributed by atoms with E-state index in [1.807, 2.05) is 11.4 Å². The lowest BCUT2D eigenvalue weighted by atomic mass is 10.2. The minimum Gasteiger partial charge on any atom is -0.308 e. The zero-order valence-electron chi connectivity index (χ0n) is 8.94. The average molecular weight is 324 g/mol. The van der Waals surface area contributed by atoms with Gasteiger partial charge in [0.05, 0.1) is 17.0 Å². The Morgan fingerprint density at radius 2 is 2.31 bits per heavy atom. The number of nitrogens with one attached hydrogen (secondary N) is 1. The number of hydrogen-bond donors (Lipinski definition) is 1. The SMILES string of the molecule is CC1CCNC(c2cc(Br)cs2)CS1(=O)=O. The fourth-order valence-electron chi connectivity index (χ4n) is 1.79. The highest BCUT2D eigenvalue weighted by Crippen LogP contribution is 2.28. The fraction of sp³-hybridized carbons (Fsp3) is 0.600. The standard InChI is InChI=1S/C10H14BrNO2S2/c1-7-2-3-12-9(6-16(7,13)14)10-4-8(11)5-15-10/h4-5,7,9,12H,2-3,6H2,1H3. The first-order chi connectivity index (χ1) is 7.49. The van der Waals surface area contributed by atoms with Gasteiger partial charge in [0.1, 0.15) is 0 Å². The van der Waals surface area contributed by atoms with Crippen molar-refractivity contribution >= 4 is 37.1 Å². The highest BCUT2D eigenvalue weighted by atomic mass is 79.9. The smallest absolute Gasteiger partial charge is 0.154 e. The Morgan fingerprint density at radius 3 is 2.94 bits per heavy atom. The van der Waals surface area contributed by atoms with Gasteiger partial charge in [-0.05, 0) is 41.9 Å². The van der Waals surface area contributed by atoms with Gasteiger partial charge in [0, 0.05) is 14.7 Å². The molecule has 0 aliphatic carbocycles. The molecule has 1 aromatic heterocycles. The van der Waals surface area contributed by atoms with Crippen LogP contribution in [0.25, 0.3) is 0 Å². The second-order valence-corrected chi connectivity index (χ2v) is 8.43. The number of sulfone groups is 1. The summed E-state index contributed by atoms with van der Waals surface area (Å²) >= 11 is 4.99. The van der Waals surface area contributed by atoms with Crippen LogP contribution in [0.15, 0.2) is 15.9 Å². The van der Waals surface area contributed by atoms with E-state index in [2.05, 4.69) is 21.2 Å². The minimum absolute atomic E-state index is 0.0498. The first-order valence-electron chi connectivity index (χ1n) is 5.18. The topological polar surface area (TPSA) is 46.2 Å². The summed E-state index contributed by atoms with van der Waals surface area (Å²) in [7, 11) is -2.96. The molecule has 6 heteroatoms. The van der Waals surface area contributed by atoms with Crippen molar-refractivity contribution in [2.24, 2.45) is 0 Å². The Labute approximate surface area is 108 Å². The monoisotopic (exact) mass is 323 g/mol. The average Bonchev–Trinajstić information content (AvgIpc) is 2.57. The Kier molecular flexibility index (Phi) is 3.73. The van der Waals surface area contributed by atoms with Crippen LogP contribution in [0.4, 0.5) is 0 Å². The van der Waals surface area contributed by atoms with Gasteiger partial charge in [0.25, 0.3) is 0 Å². The molecule has 1 aliphatic heterocycles. The fourth-order valence-corrected chi connectivity index (χ4v) is 4.98. The van der Waals surface area contributed by atoms with Crippen LogP contribution in [0.5, 0.6) is 0 Å². The number of thiophene rings is 1. The van der Waals surface area contributed by atoms with Gasteiger partial charge in [0.2, 0.25) is 0 Å². The largest absolute Gasteiger partial charge is 0.308 e. The van der Waals surface area contributed by atoms with Gasteiger partial charge in [-0.3, -0.25) is 0 Å². The van der Waals surface area contributed by atoms with E-state index >= 15 is 0 Å². The molecule has 1 saturated heterocycles. The first kappa shape index (κ1) is 12.5. The van der Waals surface area contributed by atoms with E-state index in [0.29, 0.717) is 6.42 Å². The van der Waals surface area contributed by atoms with E-state index in [1.54, 1.807) is 18.3 Å². The van der Waals surface area contributed by atoms with Crippen molar-refractivity contribution in [3.8, 4) is 0 Å². The van der Waals surface area contributed by atoms with Crippen molar-refractivity contribution < 1.29 is 8.42 Å². The summed E-state index contributed by atoms with van der Waals surface area (Å²) in [5.74, 6) is 0.209. The molecule has 1 fully saturated rings. The van der Waals surface area contributed by atoms with Gasteiger partial charge in [-0.15, -0.1) is 11.3 Å². The van der Waals surface area contributed by atoms with Crippen LogP contribution in [0.2, 0.25) is 0 Å². The lowest BCUT2D eigenvalue weighted by Crippen LogP contribution is -2.25. The molecule has 1 N–H and O–H groups in total. The number of rotatable bonds is 1. The van der Waals surface area contributed by atoms with E-state index in [-0.39, 0.29) is 17.0 Å². The lowest BCUT2D eigenvalue weighted by molar-refractivity contribution is 0.576. The maximum absolute atomic E-state index is 11.9. The van der Waals surface area contributed by atoms with Crippen LogP contribution in [-0.2, 0) is 9.84 Å². The van der Waals surface area contributed by atoms with E-state index in [1.165, 1.54) is 0 Å². The maximum Gasteiger partial charge on any atom is 0.154 e. The molecule has 90 valence electrons. The number of hydrogen-bond acceptors (Lipinski definition) is 4. The Bertz CT molecular complexity index is 469. The molecule has 1 aliphatic rings. The van der Waals surface area contributed by atoms with E-state index in [4.69, 9.17) is 0 Å². The second-order valence-electron chi connectivity index (χ2n) is 4.10. The van der Waals surface area contributed by atoms with Gasteiger partial charge < -0.3 is 5.32 Å². The van der Waals surface area contributed by atoms with E-state index in [9.17, 15) is 8.42 Å². The summed E-state index contributed by atoms with van der Waals surface area (Å²) in [6, 6.07) is 1.94. The molecule has 0 amide bonds. The summed E-state index contributed by atoms with van der Waals surface area (Å²) < 4.78 is 24.9. The molecule has 0 radical (unpaired) electrons. The normalized spacial score (nSPS) is 29.9. The first-order valence-corrected chi connectivity index (χ1v) is 8.57. The molecule has 0 saturated carbocycles. The lowest BCUT2D eigenvalue weighted by Gasteiger charge is -2.13. The van der Waals surface area contributed by atoms with Gasteiger partial charge in [-0.1, -0.05) is 0 Å². The maximum atomic E-state index is 11.9. The summed E-state index contributed by atoms with van der Waals surface area (Å²) in [4.78, 5) is 1.09. The van der Waals surface area contributed by atoms with E-state index < -0.39 is 9.84 Å². The molecule has 2 atom stereocenters. The van der Waals surface area contributed by atoms with Crippen molar-refractivity contribution in [3.05, 3.63) is 20.8 Å². The predicted molar refractivity (Wildman–Crippen MR) is 70.6 cm³/mol. The highest BCUT2D eigenvalue weighted by molar-refractivity contribution is 9.10. The molecule has 0 spiro atoms. The van der Waals surface area contributed by atoms with Crippen LogP contribution in [-0.4, -0.2) is 26.0 Å². The predicted octanol–water partition coefficient (Wildman–Crippen LogP) is 2.35. The second kappa shape index (κ2) is 4.76. The Balaban J connectivity index is 2.24. The van der Waals surface area contributed by atoms with Crippen molar-refractivity contribution in [3.63, 3.8) is 0 Å². The van der Waals surface area contributed by atoms with Crippen LogP contribution in [0.1, 0.15) is 24.3 Å². The molecule has 0 aromatic carbocycles. The van der Waals surface area contributed by atoms with Crippen LogP contribution in [0.3, 0.4) is 0 Å². The minimum atomic E-state index is -2.96. The van der Waals surface area contributed by atoms with Gasteiger partial charge in [0.15, 0.2) is 9.84 Å². The summed E-state index contributed by atoms with van der Waals surface area (Å²) in [6.45, 7) is 2.56. The molecular weight excluding hydrogens is 310 g/mol. The zero-order valence-corrected chi connectivity index (χ0v) is 12.2. The molecule has 2 heterocycles. The molecule has 2 rings (SSSR count). The molecular formula is C10H14BrNO2S2. The van der Waals surface area contributed by atoms with Crippen LogP contribution < -0.4 is 5.32 Å². The highest BCUT2D eigenvalue weighted by Gasteiger charge is 2.29. The number of halogens is 1. The van der Waals surface area contributed by atoms with Crippen molar-refractivity contribution in [1.82, 2.24) is 5.32 Å². The van der Waals surface area contributed by atoms with Gasteiger partial charge in [-0.25, -0.2) is 8.42 Å². The molecule has 16 heavy (non-hydrogen) atoms. The third-order valence-corrected chi connectivity index (χ3v) is 6.95. The van der Waals surface area contributed by atoms with Crippen molar-refractivity contribution in [2.75, 3.05) is 12.3 Å². The van der Waals surface area contributed by atoms with E-state index in [0.717, 1.165) is 15.9 Å². The third-order valence-electron chi connectivity index (χ3n) is 2.88. The molecule has 1 aromatic rings. The third kappa shape index (κ3) is 2.67. The Morgan fingerprint density at radius 1 is 1.56 bits per heavy atom.